The van der Waals surface area contributed by atoms with Crippen LogP contribution in [0.15, 0.2) is 64.3 Å². The Hall–Kier alpha value is -3.33. The quantitative estimate of drug-likeness (QED) is 0.485. The largest absolute Gasteiger partial charge is 0.466 e. The average Bonchev–Trinajstić information content (AvgIpc) is 2.77. The minimum absolute atomic E-state index is 0.285. The molecule has 0 bridgehead atoms. The zero-order valence-electron chi connectivity index (χ0n) is 18.1. The summed E-state index contributed by atoms with van der Waals surface area (Å²) in [6.45, 7) is 4.18. The highest BCUT2D eigenvalue weighted by Gasteiger charge is 2.36. The van der Waals surface area contributed by atoms with Gasteiger partial charge in [0.1, 0.15) is 0 Å². The number of allylic oxidation sites excluding steroid dienone is 1. The van der Waals surface area contributed by atoms with Crippen LogP contribution in [0.2, 0.25) is 0 Å². The number of urea groups is 2. The van der Waals surface area contributed by atoms with Gasteiger partial charge in [0, 0.05) is 22.4 Å². The highest BCUT2D eigenvalue weighted by atomic mass is 79.9. The van der Waals surface area contributed by atoms with Crippen LogP contribution in [-0.2, 0) is 9.53 Å². The molecule has 1 atom stereocenters. The number of nitrogens with one attached hydrogen (secondary N) is 3. The molecule has 2 aromatic rings. The SMILES string of the molecule is CCCN1C(=O)NC(c2cccc(NC(=O)Nc3ccccc3Br)c2)C(C(=O)OC)=C1C. The molecule has 2 aromatic carbocycles. The molecule has 3 N–H and O–H groups in total. The fourth-order valence-corrected chi connectivity index (χ4v) is 3.93. The van der Waals surface area contributed by atoms with Crippen molar-refractivity contribution in [2.75, 3.05) is 24.3 Å². The van der Waals surface area contributed by atoms with E-state index in [-0.39, 0.29) is 6.03 Å². The molecule has 0 saturated heterocycles. The van der Waals surface area contributed by atoms with E-state index in [1.165, 1.54) is 12.0 Å². The molecule has 1 heterocycles. The number of amides is 4. The maximum absolute atomic E-state index is 12.7. The second-order valence-electron chi connectivity index (χ2n) is 7.21. The predicted molar refractivity (Wildman–Crippen MR) is 126 cm³/mol. The van der Waals surface area contributed by atoms with Gasteiger partial charge < -0.3 is 20.7 Å². The topological polar surface area (TPSA) is 99.8 Å². The second kappa shape index (κ2) is 10.3. The summed E-state index contributed by atoms with van der Waals surface area (Å²) >= 11 is 3.39. The normalized spacial score (nSPS) is 15.8. The molecular weight excluding hydrogens is 476 g/mol. The van der Waals surface area contributed by atoms with Crippen LogP contribution in [0.1, 0.15) is 31.9 Å². The first-order valence-corrected chi connectivity index (χ1v) is 10.9. The van der Waals surface area contributed by atoms with Crippen LogP contribution in [0.5, 0.6) is 0 Å². The van der Waals surface area contributed by atoms with Crippen molar-refractivity contribution in [3.8, 4) is 0 Å². The molecule has 0 aromatic heterocycles. The van der Waals surface area contributed by atoms with Crippen molar-refractivity contribution in [3.63, 3.8) is 0 Å². The zero-order valence-corrected chi connectivity index (χ0v) is 19.7. The van der Waals surface area contributed by atoms with Gasteiger partial charge in [-0.15, -0.1) is 0 Å². The Balaban J connectivity index is 1.87. The molecular formula is C23H25BrN4O4. The number of carbonyl (C=O) groups excluding carboxylic acids is 3. The van der Waals surface area contributed by atoms with Crippen LogP contribution >= 0.6 is 15.9 Å². The minimum atomic E-state index is -0.698. The Kier molecular flexibility index (Phi) is 7.53. The lowest BCUT2D eigenvalue weighted by Crippen LogP contribution is -2.48. The average molecular weight is 501 g/mol. The maximum atomic E-state index is 12.7. The number of ether oxygens (including phenoxy) is 1. The monoisotopic (exact) mass is 500 g/mol. The van der Waals surface area contributed by atoms with E-state index in [9.17, 15) is 14.4 Å². The number of rotatable bonds is 6. The standard InChI is InChI=1S/C23H25BrN4O4/c1-4-12-28-14(2)19(21(29)32-3)20(27-23(28)31)15-8-7-9-16(13-15)25-22(30)26-18-11-6-5-10-17(18)24/h5-11,13,20H,4,12H2,1-3H3,(H,27,31)(H2,25,26,30). The molecule has 1 unspecified atom stereocenters. The molecule has 0 fully saturated rings. The lowest BCUT2D eigenvalue weighted by atomic mass is 9.94. The highest BCUT2D eigenvalue weighted by molar-refractivity contribution is 9.10. The van der Waals surface area contributed by atoms with Gasteiger partial charge in [0.15, 0.2) is 0 Å². The van der Waals surface area contributed by atoms with Crippen LogP contribution in [-0.4, -0.2) is 36.6 Å². The van der Waals surface area contributed by atoms with Gasteiger partial charge in [0.2, 0.25) is 0 Å². The molecule has 4 amide bonds. The molecule has 8 nitrogen and oxygen atoms in total. The number of methoxy groups -OCH3 is 1. The lowest BCUT2D eigenvalue weighted by Gasteiger charge is -2.35. The third kappa shape index (κ3) is 5.11. The Bertz CT molecular complexity index is 1070. The Morgan fingerprint density at radius 2 is 1.91 bits per heavy atom. The second-order valence-corrected chi connectivity index (χ2v) is 8.06. The Morgan fingerprint density at radius 3 is 2.59 bits per heavy atom. The van der Waals surface area contributed by atoms with E-state index in [1.807, 2.05) is 25.1 Å². The molecule has 0 radical (unpaired) electrons. The fraction of sp³-hybridized carbons (Fsp3) is 0.261. The molecule has 1 aliphatic heterocycles. The molecule has 32 heavy (non-hydrogen) atoms. The molecule has 0 saturated carbocycles. The molecule has 0 aliphatic carbocycles. The summed E-state index contributed by atoms with van der Waals surface area (Å²) in [4.78, 5) is 39.2. The van der Waals surface area contributed by atoms with Gasteiger partial charge in [-0.3, -0.25) is 4.90 Å². The van der Waals surface area contributed by atoms with Gasteiger partial charge in [-0.1, -0.05) is 31.2 Å². The predicted octanol–water partition coefficient (Wildman–Crippen LogP) is 5.02. The number of benzene rings is 2. The fourth-order valence-electron chi connectivity index (χ4n) is 3.54. The molecule has 168 valence electrons. The van der Waals surface area contributed by atoms with Crippen LogP contribution in [0, 0.1) is 0 Å². The summed E-state index contributed by atoms with van der Waals surface area (Å²) in [7, 11) is 1.31. The van der Waals surface area contributed by atoms with E-state index in [1.54, 1.807) is 37.3 Å². The van der Waals surface area contributed by atoms with Gasteiger partial charge in [-0.2, -0.15) is 0 Å². The number of halogens is 1. The minimum Gasteiger partial charge on any atom is -0.466 e. The van der Waals surface area contributed by atoms with Gasteiger partial charge in [-0.25, -0.2) is 14.4 Å². The molecule has 0 spiro atoms. The van der Waals surface area contributed by atoms with Crippen molar-refractivity contribution in [1.82, 2.24) is 10.2 Å². The third-order valence-electron chi connectivity index (χ3n) is 5.05. The number of anilines is 2. The number of esters is 1. The van der Waals surface area contributed by atoms with Crippen LogP contribution in [0.3, 0.4) is 0 Å². The number of carbonyl (C=O) groups is 3. The van der Waals surface area contributed by atoms with Crippen LogP contribution in [0.4, 0.5) is 21.0 Å². The Morgan fingerprint density at radius 1 is 1.16 bits per heavy atom. The number of para-hydroxylation sites is 1. The van der Waals surface area contributed by atoms with Gasteiger partial charge in [0.25, 0.3) is 0 Å². The summed E-state index contributed by atoms with van der Waals surface area (Å²) in [6, 6.07) is 12.8. The van der Waals surface area contributed by atoms with Crippen molar-refractivity contribution in [1.29, 1.82) is 0 Å². The zero-order chi connectivity index (χ0) is 23.3. The highest BCUT2D eigenvalue weighted by Crippen LogP contribution is 2.32. The Labute approximate surface area is 195 Å². The maximum Gasteiger partial charge on any atom is 0.337 e. The number of hydrogen-bond acceptors (Lipinski definition) is 4. The summed E-state index contributed by atoms with van der Waals surface area (Å²) in [5, 5.41) is 8.44. The molecule has 1 aliphatic rings. The lowest BCUT2D eigenvalue weighted by molar-refractivity contribution is -0.136. The first-order chi connectivity index (χ1) is 15.3. The van der Waals surface area contributed by atoms with Gasteiger partial charge in [-0.05, 0) is 59.1 Å². The van der Waals surface area contributed by atoms with Crippen molar-refractivity contribution in [2.24, 2.45) is 0 Å². The van der Waals surface area contributed by atoms with E-state index in [0.717, 1.165) is 10.9 Å². The first kappa shape index (κ1) is 23.3. The van der Waals surface area contributed by atoms with E-state index in [4.69, 9.17) is 4.74 Å². The van der Waals surface area contributed by atoms with Gasteiger partial charge in [0.05, 0.1) is 24.4 Å². The van der Waals surface area contributed by atoms with E-state index in [0.29, 0.717) is 34.8 Å². The van der Waals surface area contributed by atoms with Gasteiger partial charge >= 0.3 is 18.0 Å². The molecule has 9 heteroatoms. The summed E-state index contributed by atoms with van der Waals surface area (Å²) in [6.07, 6.45) is 0.746. The summed E-state index contributed by atoms with van der Waals surface area (Å²) in [5.41, 5.74) is 2.70. The van der Waals surface area contributed by atoms with Crippen LogP contribution < -0.4 is 16.0 Å². The van der Waals surface area contributed by atoms with Crippen molar-refractivity contribution in [2.45, 2.75) is 26.3 Å². The van der Waals surface area contributed by atoms with Crippen molar-refractivity contribution in [3.05, 3.63) is 69.8 Å². The summed E-state index contributed by atoms with van der Waals surface area (Å²) in [5.74, 6) is -0.515. The van der Waals surface area contributed by atoms with Crippen LogP contribution in [0.25, 0.3) is 0 Å². The van der Waals surface area contributed by atoms with E-state index < -0.39 is 18.0 Å². The smallest absolute Gasteiger partial charge is 0.337 e. The number of nitrogens with zero attached hydrogens (tertiary/aromatic N) is 1. The van der Waals surface area contributed by atoms with Crippen molar-refractivity contribution < 1.29 is 19.1 Å². The number of hydrogen-bond donors (Lipinski definition) is 3. The third-order valence-corrected chi connectivity index (χ3v) is 5.74. The van der Waals surface area contributed by atoms with E-state index >= 15 is 0 Å². The summed E-state index contributed by atoms with van der Waals surface area (Å²) < 4.78 is 5.75. The molecule has 3 rings (SSSR count). The van der Waals surface area contributed by atoms with E-state index in [2.05, 4.69) is 31.9 Å². The van der Waals surface area contributed by atoms with Crippen molar-refractivity contribution >= 4 is 45.3 Å². The first-order valence-electron chi connectivity index (χ1n) is 10.1.